The number of aliphatic carboxylic acids is 1. The molecular formula is C35H45FN4O2. The number of fused-ring (bicyclic) bond motifs is 3. The lowest BCUT2D eigenvalue weighted by Gasteiger charge is -2.42. The summed E-state index contributed by atoms with van der Waals surface area (Å²) in [7, 11) is 0. The van der Waals surface area contributed by atoms with Crippen LogP contribution in [0.25, 0.3) is 11.0 Å². The van der Waals surface area contributed by atoms with Gasteiger partial charge in [-0.2, -0.15) is 0 Å². The quantitative estimate of drug-likeness (QED) is 0.327. The number of imidazole rings is 1. The third kappa shape index (κ3) is 5.17. The number of rotatable bonds is 8. The number of para-hydroxylation sites is 2. The van der Waals surface area contributed by atoms with Crippen LogP contribution in [0.5, 0.6) is 0 Å². The van der Waals surface area contributed by atoms with Crippen LogP contribution in [0.3, 0.4) is 0 Å². The van der Waals surface area contributed by atoms with Crippen LogP contribution in [-0.4, -0.2) is 68.2 Å². The largest absolute Gasteiger partial charge is 0.480 e. The van der Waals surface area contributed by atoms with Crippen LogP contribution in [0, 0.1) is 17.7 Å². The van der Waals surface area contributed by atoms with Crippen LogP contribution < -0.4 is 0 Å². The fourth-order valence-corrected chi connectivity index (χ4v) is 9.31. The number of carbonyl (C=O) groups is 1. The van der Waals surface area contributed by atoms with E-state index in [0.29, 0.717) is 24.7 Å². The third-order valence-electron chi connectivity index (χ3n) is 11.1. The molecule has 4 heterocycles. The van der Waals surface area contributed by atoms with Gasteiger partial charge in [0.1, 0.15) is 17.7 Å². The first-order valence-electron chi connectivity index (χ1n) is 16.4. The lowest BCUT2D eigenvalue weighted by atomic mass is 9.83. The molecule has 1 saturated carbocycles. The van der Waals surface area contributed by atoms with Crippen LogP contribution >= 0.6 is 0 Å². The number of hydrogen-bond donors (Lipinski definition) is 1. The summed E-state index contributed by atoms with van der Waals surface area (Å²) in [5.74, 6) is 0.958. The molecule has 42 heavy (non-hydrogen) atoms. The second-order valence-corrected chi connectivity index (χ2v) is 13.5. The smallest absolute Gasteiger partial charge is 0.321 e. The van der Waals surface area contributed by atoms with E-state index >= 15 is 0 Å². The molecule has 3 unspecified atom stereocenters. The van der Waals surface area contributed by atoms with Gasteiger partial charge in [-0.1, -0.05) is 50.5 Å². The maximum Gasteiger partial charge on any atom is 0.321 e. The van der Waals surface area contributed by atoms with Crippen molar-refractivity contribution in [3.63, 3.8) is 0 Å². The Morgan fingerprint density at radius 3 is 2.45 bits per heavy atom. The molecule has 3 saturated heterocycles. The van der Waals surface area contributed by atoms with Gasteiger partial charge in [0.25, 0.3) is 0 Å². The standard InChI is InChI=1S/C35H45FN4O2/c1-2-33-37-31-13-6-7-14-32(31)40(33)29-18-27-15-16-28(19-29)39(27)21-25-20-38(22-30(25)24-11-8-12-26(36)17-24)34(35(41)42)23-9-4-3-5-10-23/h6-8,11-14,17,23,25,27-30,34H,2-5,9-10,15-16,18-22H2,1H3,(H,41,42)/t25-,27?,28?,29?,30?,34-/m1/s1. The van der Waals surface area contributed by atoms with Crippen LogP contribution in [0.15, 0.2) is 48.5 Å². The van der Waals surface area contributed by atoms with Crippen molar-refractivity contribution in [2.24, 2.45) is 11.8 Å². The molecule has 7 heteroatoms. The Hall–Kier alpha value is -2.77. The molecule has 0 amide bonds. The maximum atomic E-state index is 14.4. The number of aryl methyl sites for hydroxylation is 1. The molecule has 1 N–H and O–H groups in total. The number of nitrogens with zero attached hydrogens (tertiary/aromatic N) is 4. The van der Waals surface area contributed by atoms with Crippen molar-refractivity contribution in [1.29, 1.82) is 0 Å². The molecular weight excluding hydrogens is 527 g/mol. The summed E-state index contributed by atoms with van der Waals surface area (Å²) < 4.78 is 17.0. The summed E-state index contributed by atoms with van der Waals surface area (Å²) in [4.78, 5) is 22.7. The number of aromatic nitrogens is 2. The van der Waals surface area contributed by atoms with Crippen LogP contribution in [0.2, 0.25) is 0 Å². The Morgan fingerprint density at radius 2 is 1.74 bits per heavy atom. The van der Waals surface area contributed by atoms with E-state index < -0.39 is 12.0 Å². The van der Waals surface area contributed by atoms with E-state index in [1.54, 1.807) is 6.07 Å². The molecule has 2 aromatic carbocycles. The maximum absolute atomic E-state index is 14.4. The predicted octanol–water partition coefficient (Wildman–Crippen LogP) is 6.65. The minimum absolute atomic E-state index is 0.146. The number of hydrogen-bond acceptors (Lipinski definition) is 4. The average molecular weight is 573 g/mol. The van der Waals surface area contributed by atoms with E-state index in [-0.39, 0.29) is 23.6 Å². The Bertz CT molecular complexity index is 1400. The van der Waals surface area contributed by atoms with E-state index in [4.69, 9.17) is 4.98 Å². The van der Waals surface area contributed by atoms with Crippen LogP contribution in [-0.2, 0) is 11.2 Å². The first kappa shape index (κ1) is 28.0. The number of benzene rings is 2. The molecule has 6 nitrogen and oxygen atoms in total. The Morgan fingerprint density at radius 1 is 0.976 bits per heavy atom. The molecule has 224 valence electrons. The lowest BCUT2D eigenvalue weighted by Crippen LogP contribution is -2.48. The first-order valence-corrected chi connectivity index (χ1v) is 16.4. The first-order chi connectivity index (χ1) is 20.5. The zero-order valence-electron chi connectivity index (χ0n) is 24.9. The molecule has 0 radical (unpaired) electrons. The molecule has 5 atom stereocenters. The second-order valence-electron chi connectivity index (χ2n) is 13.5. The molecule has 1 aliphatic carbocycles. The Kier molecular flexibility index (Phi) is 7.82. The highest BCUT2D eigenvalue weighted by atomic mass is 19.1. The monoisotopic (exact) mass is 572 g/mol. The van der Waals surface area contributed by atoms with Crippen molar-refractivity contribution in [2.75, 3.05) is 19.6 Å². The topological polar surface area (TPSA) is 61.6 Å². The molecule has 0 spiro atoms. The lowest BCUT2D eigenvalue weighted by molar-refractivity contribution is -0.145. The minimum atomic E-state index is -0.680. The summed E-state index contributed by atoms with van der Waals surface area (Å²) in [5.41, 5.74) is 3.38. The molecule has 2 bridgehead atoms. The summed E-state index contributed by atoms with van der Waals surface area (Å²) in [6.45, 7) is 4.65. The van der Waals surface area contributed by atoms with E-state index in [1.807, 2.05) is 6.07 Å². The number of piperidine rings is 1. The number of halogens is 1. The normalized spacial score (nSPS) is 29.8. The van der Waals surface area contributed by atoms with Gasteiger partial charge in [0.2, 0.25) is 0 Å². The van der Waals surface area contributed by atoms with Gasteiger partial charge in [-0.05, 0) is 80.2 Å². The Balaban J connectivity index is 1.13. The van der Waals surface area contributed by atoms with Crippen molar-refractivity contribution in [3.05, 3.63) is 65.7 Å². The van der Waals surface area contributed by atoms with E-state index in [1.165, 1.54) is 36.7 Å². The van der Waals surface area contributed by atoms with Gasteiger partial charge < -0.3 is 9.67 Å². The summed E-state index contributed by atoms with van der Waals surface area (Å²) in [6, 6.07) is 16.7. The van der Waals surface area contributed by atoms with Gasteiger partial charge in [-0.3, -0.25) is 14.6 Å². The summed E-state index contributed by atoms with van der Waals surface area (Å²) >= 11 is 0. The molecule has 7 rings (SSSR count). The van der Waals surface area contributed by atoms with Crippen molar-refractivity contribution in [1.82, 2.24) is 19.4 Å². The SMILES string of the molecule is CCc1nc2ccccc2n1C1CC2CCC(C1)N2C[C@H]1CN([C@@H](C(=O)O)C2CCCCC2)CC1c1cccc(F)c1. The fraction of sp³-hybridized carbons (Fsp3) is 0.600. The van der Waals surface area contributed by atoms with Gasteiger partial charge in [0.15, 0.2) is 0 Å². The third-order valence-corrected chi connectivity index (χ3v) is 11.1. The number of carboxylic acids is 1. The highest BCUT2D eigenvalue weighted by Crippen LogP contribution is 2.45. The molecule has 4 aliphatic rings. The van der Waals surface area contributed by atoms with Crippen molar-refractivity contribution in [3.8, 4) is 0 Å². The van der Waals surface area contributed by atoms with Crippen LogP contribution in [0.4, 0.5) is 4.39 Å². The average Bonchev–Trinajstić information content (AvgIpc) is 3.64. The van der Waals surface area contributed by atoms with E-state index in [0.717, 1.165) is 69.1 Å². The molecule has 3 aliphatic heterocycles. The molecule has 1 aromatic heterocycles. The van der Waals surface area contributed by atoms with E-state index in [2.05, 4.69) is 51.6 Å². The minimum Gasteiger partial charge on any atom is -0.480 e. The molecule has 4 fully saturated rings. The second kappa shape index (κ2) is 11.7. The van der Waals surface area contributed by atoms with Gasteiger partial charge in [0, 0.05) is 50.1 Å². The fourth-order valence-electron chi connectivity index (χ4n) is 9.31. The van der Waals surface area contributed by atoms with Crippen molar-refractivity contribution in [2.45, 2.75) is 101 Å². The van der Waals surface area contributed by atoms with Gasteiger partial charge in [-0.25, -0.2) is 9.37 Å². The number of carboxylic acid groups (broad SMARTS) is 1. The summed E-state index contributed by atoms with van der Waals surface area (Å²) in [5, 5.41) is 10.4. The van der Waals surface area contributed by atoms with Gasteiger partial charge >= 0.3 is 5.97 Å². The highest BCUT2D eigenvalue weighted by molar-refractivity contribution is 5.76. The van der Waals surface area contributed by atoms with Gasteiger partial charge in [-0.15, -0.1) is 0 Å². The zero-order valence-corrected chi connectivity index (χ0v) is 24.9. The molecule has 3 aromatic rings. The van der Waals surface area contributed by atoms with Crippen molar-refractivity contribution < 1.29 is 14.3 Å². The zero-order chi connectivity index (χ0) is 28.8. The predicted molar refractivity (Wildman–Crippen MR) is 163 cm³/mol. The van der Waals surface area contributed by atoms with Gasteiger partial charge in [0.05, 0.1) is 11.0 Å². The van der Waals surface area contributed by atoms with E-state index in [9.17, 15) is 14.3 Å². The van der Waals surface area contributed by atoms with Crippen LogP contribution in [0.1, 0.15) is 88.1 Å². The Labute approximate surface area is 248 Å². The van der Waals surface area contributed by atoms with Crippen molar-refractivity contribution >= 4 is 17.0 Å². The highest BCUT2D eigenvalue weighted by Gasteiger charge is 2.47. The number of likely N-dealkylation sites (tertiary alicyclic amines) is 1. The summed E-state index contributed by atoms with van der Waals surface area (Å²) in [6.07, 6.45) is 11.1.